The van der Waals surface area contributed by atoms with Gasteiger partial charge in [0.05, 0.1) is 21.9 Å². The summed E-state index contributed by atoms with van der Waals surface area (Å²) in [5.41, 5.74) is 20.8. The lowest BCUT2D eigenvalue weighted by Crippen LogP contribution is -2.29. The van der Waals surface area contributed by atoms with Crippen molar-refractivity contribution in [2.45, 2.75) is 10.8 Å². The van der Waals surface area contributed by atoms with Crippen LogP contribution >= 0.6 is 0 Å². The lowest BCUT2D eigenvalue weighted by molar-refractivity contribution is 0.767. The van der Waals surface area contributed by atoms with Crippen molar-refractivity contribution in [2.75, 3.05) is 4.90 Å². The third kappa shape index (κ3) is 5.68. The van der Waals surface area contributed by atoms with Crippen LogP contribution in [0.15, 0.2) is 279 Å². The first-order valence-corrected chi connectivity index (χ1v) is 24.3. The summed E-state index contributed by atoms with van der Waals surface area (Å²) in [6.07, 6.45) is 0. The molecule has 14 rings (SSSR count). The van der Waals surface area contributed by atoms with E-state index in [1.165, 1.54) is 88.6 Å². The average molecular weight is 891 g/mol. The molecule has 1 heterocycles. The Morgan fingerprint density at radius 2 is 0.614 bits per heavy atom. The van der Waals surface area contributed by atoms with E-state index in [9.17, 15) is 0 Å². The van der Waals surface area contributed by atoms with E-state index in [-0.39, 0.29) is 0 Å². The summed E-state index contributed by atoms with van der Waals surface area (Å²) in [6.45, 7) is 0. The van der Waals surface area contributed by atoms with Crippen LogP contribution in [0.1, 0.15) is 44.5 Å². The number of fused-ring (bicyclic) bond motifs is 9. The Hall–Kier alpha value is -8.98. The van der Waals surface area contributed by atoms with Crippen molar-refractivity contribution in [3.8, 4) is 27.9 Å². The first kappa shape index (κ1) is 40.1. The predicted molar refractivity (Wildman–Crippen MR) is 290 cm³/mol. The standard InChI is InChI=1S/C68H46N2/c1-6-22-47(23-7-1)67(48-24-8-2-9-25-48)61-35-19-16-32-55(61)56-41-38-52(44-62(56)67)69(51-30-14-5-15-31-51)53-39-42-57-58-43-40-54(70-65-36-20-17-33-59(65)60-34-18-21-37-66(60)70)46-64(58)68(63(57)45-53,49-26-10-3-11-27-49)50-28-12-4-13-29-50/h1-46H. The van der Waals surface area contributed by atoms with Crippen LogP contribution in [0.25, 0.3) is 49.7 Å². The molecule has 0 aliphatic heterocycles. The van der Waals surface area contributed by atoms with Crippen LogP contribution in [0.3, 0.4) is 0 Å². The van der Waals surface area contributed by atoms with E-state index in [2.05, 4.69) is 289 Å². The Balaban J connectivity index is 1.03. The molecule has 11 aromatic carbocycles. The van der Waals surface area contributed by atoms with E-state index in [1.807, 2.05) is 0 Å². The van der Waals surface area contributed by atoms with E-state index in [4.69, 9.17) is 0 Å². The molecule has 12 aromatic rings. The Kier molecular flexibility index (Phi) is 9.06. The molecule has 0 unspecified atom stereocenters. The summed E-state index contributed by atoms with van der Waals surface area (Å²) >= 11 is 0. The van der Waals surface area contributed by atoms with E-state index in [0.717, 1.165) is 22.7 Å². The number of hydrogen-bond donors (Lipinski definition) is 0. The minimum absolute atomic E-state index is 0.532. The van der Waals surface area contributed by atoms with Gasteiger partial charge in [0, 0.05) is 33.5 Å². The van der Waals surface area contributed by atoms with Gasteiger partial charge in [-0.15, -0.1) is 0 Å². The monoisotopic (exact) mass is 890 g/mol. The molecule has 2 aliphatic carbocycles. The Morgan fingerprint density at radius 1 is 0.257 bits per heavy atom. The minimum Gasteiger partial charge on any atom is -0.310 e. The second kappa shape index (κ2) is 15.8. The van der Waals surface area contributed by atoms with Crippen molar-refractivity contribution >= 4 is 38.9 Å². The molecular weight excluding hydrogens is 845 g/mol. The maximum atomic E-state index is 2.49. The first-order valence-electron chi connectivity index (χ1n) is 24.3. The molecule has 1 aromatic heterocycles. The van der Waals surface area contributed by atoms with Crippen molar-refractivity contribution < 1.29 is 0 Å². The van der Waals surface area contributed by atoms with E-state index < -0.39 is 10.8 Å². The normalized spacial score (nSPS) is 13.7. The van der Waals surface area contributed by atoms with Crippen molar-refractivity contribution in [3.63, 3.8) is 0 Å². The minimum atomic E-state index is -0.643. The van der Waals surface area contributed by atoms with Crippen LogP contribution in [0, 0.1) is 0 Å². The second-order valence-corrected chi connectivity index (χ2v) is 18.7. The highest BCUT2D eigenvalue weighted by Gasteiger charge is 2.48. The van der Waals surface area contributed by atoms with Crippen LogP contribution < -0.4 is 4.90 Å². The lowest BCUT2D eigenvalue weighted by atomic mass is 9.67. The van der Waals surface area contributed by atoms with E-state index >= 15 is 0 Å². The van der Waals surface area contributed by atoms with Crippen LogP contribution in [-0.4, -0.2) is 4.57 Å². The number of para-hydroxylation sites is 3. The van der Waals surface area contributed by atoms with Gasteiger partial charge in [0.15, 0.2) is 0 Å². The van der Waals surface area contributed by atoms with Gasteiger partial charge in [0.2, 0.25) is 0 Å². The number of nitrogens with zero attached hydrogens (tertiary/aromatic N) is 2. The molecule has 0 N–H and O–H groups in total. The van der Waals surface area contributed by atoms with Crippen molar-refractivity contribution in [3.05, 3.63) is 324 Å². The van der Waals surface area contributed by atoms with Gasteiger partial charge in [-0.05, 0) is 127 Å². The number of anilines is 3. The number of benzene rings is 11. The molecule has 0 amide bonds. The van der Waals surface area contributed by atoms with Gasteiger partial charge in [-0.1, -0.05) is 218 Å². The second-order valence-electron chi connectivity index (χ2n) is 18.7. The fourth-order valence-electron chi connectivity index (χ4n) is 12.5. The van der Waals surface area contributed by atoms with E-state index in [0.29, 0.717) is 0 Å². The Morgan fingerprint density at radius 3 is 1.10 bits per heavy atom. The summed E-state index contributed by atoms with van der Waals surface area (Å²) in [7, 11) is 0. The van der Waals surface area contributed by atoms with Gasteiger partial charge in [-0.2, -0.15) is 0 Å². The SMILES string of the molecule is c1ccc(N(c2ccc3c(c2)C(c2ccccc2)(c2ccccc2)c2ccccc2-3)c2ccc3c(c2)C(c2ccccc2)(c2ccccc2)c2cc(-n4c5ccccc5c5ccccc54)ccc2-3)cc1. The predicted octanol–water partition coefficient (Wildman–Crippen LogP) is 17.0. The van der Waals surface area contributed by atoms with Crippen LogP contribution in [-0.2, 0) is 10.8 Å². The topological polar surface area (TPSA) is 8.17 Å². The van der Waals surface area contributed by atoms with Gasteiger partial charge < -0.3 is 9.47 Å². The molecule has 0 saturated heterocycles. The molecule has 328 valence electrons. The van der Waals surface area contributed by atoms with Gasteiger partial charge in [-0.25, -0.2) is 0 Å². The molecule has 0 fully saturated rings. The van der Waals surface area contributed by atoms with Gasteiger partial charge in [-0.3, -0.25) is 0 Å². The fraction of sp³-hybridized carbons (Fsp3) is 0.0294. The van der Waals surface area contributed by atoms with Crippen LogP contribution in [0.2, 0.25) is 0 Å². The largest absolute Gasteiger partial charge is 0.310 e. The summed E-state index contributed by atoms with van der Waals surface area (Å²) < 4.78 is 2.45. The van der Waals surface area contributed by atoms with Gasteiger partial charge >= 0.3 is 0 Å². The van der Waals surface area contributed by atoms with Gasteiger partial charge in [0.1, 0.15) is 0 Å². The summed E-state index contributed by atoms with van der Waals surface area (Å²) in [4.78, 5) is 2.47. The van der Waals surface area contributed by atoms with Crippen molar-refractivity contribution in [1.29, 1.82) is 0 Å². The summed E-state index contributed by atoms with van der Waals surface area (Å²) in [5.74, 6) is 0. The lowest BCUT2D eigenvalue weighted by Gasteiger charge is -2.36. The number of rotatable bonds is 8. The molecule has 0 saturated carbocycles. The molecule has 70 heavy (non-hydrogen) atoms. The highest BCUT2D eigenvalue weighted by atomic mass is 15.1. The molecule has 2 nitrogen and oxygen atoms in total. The van der Waals surface area contributed by atoms with Crippen molar-refractivity contribution in [2.24, 2.45) is 0 Å². The summed E-state index contributed by atoms with van der Waals surface area (Å²) in [6, 6.07) is 104. The zero-order valence-electron chi connectivity index (χ0n) is 38.5. The third-order valence-corrected chi connectivity index (χ3v) is 15.3. The van der Waals surface area contributed by atoms with Crippen molar-refractivity contribution in [1.82, 2.24) is 4.57 Å². The number of hydrogen-bond acceptors (Lipinski definition) is 1. The molecule has 0 spiro atoms. The maximum Gasteiger partial charge on any atom is 0.0715 e. The smallest absolute Gasteiger partial charge is 0.0715 e. The molecule has 0 radical (unpaired) electrons. The van der Waals surface area contributed by atoms with Gasteiger partial charge in [0.25, 0.3) is 0 Å². The van der Waals surface area contributed by atoms with E-state index in [1.54, 1.807) is 0 Å². The molecule has 2 heteroatoms. The Labute approximate surface area is 408 Å². The maximum absolute atomic E-state index is 2.49. The average Bonchev–Trinajstić information content (AvgIpc) is 4.04. The Bertz CT molecular complexity index is 3800. The first-order chi connectivity index (χ1) is 34.7. The summed E-state index contributed by atoms with van der Waals surface area (Å²) in [5, 5.41) is 2.51. The molecule has 2 aliphatic rings. The zero-order chi connectivity index (χ0) is 46.2. The van der Waals surface area contributed by atoms with Crippen LogP contribution in [0.5, 0.6) is 0 Å². The quantitative estimate of drug-likeness (QED) is 0.148. The number of aromatic nitrogens is 1. The molecular formula is C68H46N2. The molecule has 0 atom stereocenters. The third-order valence-electron chi connectivity index (χ3n) is 15.3. The fourth-order valence-corrected chi connectivity index (χ4v) is 12.5. The highest BCUT2D eigenvalue weighted by molar-refractivity contribution is 6.09. The highest BCUT2D eigenvalue weighted by Crippen LogP contribution is 2.60. The molecule has 0 bridgehead atoms. The van der Waals surface area contributed by atoms with Crippen LogP contribution in [0.4, 0.5) is 17.1 Å². The zero-order valence-corrected chi connectivity index (χ0v) is 38.5.